The number of hydrogen-bond acceptors (Lipinski definition) is 4. The second kappa shape index (κ2) is 7.13. The van der Waals surface area contributed by atoms with Gasteiger partial charge in [-0.15, -0.1) is 0 Å². The maximum Gasteiger partial charge on any atom is 0.265 e. The number of benzene rings is 2. The summed E-state index contributed by atoms with van der Waals surface area (Å²) in [6.07, 6.45) is 0.506. The smallest absolute Gasteiger partial charge is 0.265 e. The summed E-state index contributed by atoms with van der Waals surface area (Å²) in [5.41, 5.74) is 0.719. The fourth-order valence-corrected chi connectivity index (χ4v) is 2.55. The molecule has 1 amide bonds. The van der Waals surface area contributed by atoms with Crippen LogP contribution >= 0.6 is 23.2 Å². The summed E-state index contributed by atoms with van der Waals surface area (Å²) in [7, 11) is 0. The van der Waals surface area contributed by atoms with Crippen molar-refractivity contribution in [2.75, 3.05) is 5.32 Å². The maximum absolute atomic E-state index is 12.3. The molecule has 0 radical (unpaired) electrons. The molecule has 8 heteroatoms. The summed E-state index contributed by atoms with van der Waals surface area (Å²) < 4.78 is 5.56. The molecular formula is C17H13Cl2N3O3. The van der Waals surface area contributed by atoms with Crippen LogP contribution in [0.1, 0.15) is 6.92 Å². The van der Waals surface area contributed by atoms with E-state index in [0.717, 1.165) is 0 Å². The Morgan fingerprint density at radius 1 is 1.28 bits per heavy atom. The zero-order valence-electron chi connectivity index (χ0n) is 13.0. The van der Waals surface area contributed by atoms with Gasteiger partial charge in [0, 0.05) is 5.69 Å². The second-order valence-electron chi connectivity index (χ2n) is 5.26. The summed E-state index contributed by atoms with van der Waals surface area (Å²) in [6.45, 7) is 1.59. The van der Waals surface area contributed by atoms with Crippen molar-refractivity contribution in [1.29, 1.82) is 0 Å². The Labute approximate surface area is 152 Å². The topological polar surface area (TPSA) is 84.1 Å². The number of anilines is 1. The van der Waals surface area contributed by atoms with Crippen LogP contribution in [0.25, 0.3) is 10.9 Å². The van der Waals surface area contributed by atoms with Gasteiger partial charge in [0.1, 0.15) is 10.8 Å². The molecular weight excluding hydrogens is 365 g/mol. The molecule has 2 aromatic carbocycles. The van der Waals surface area contributed by atoms with Crippen molar-refractivity contribution in [3.05, 3.63) is 63.1 Å². The average Bonchev–Trinajstić information content (AvgIpc) is 2.59. The Kier molecular flexibility index (Phi) is 4.92. The Morgan fingerprint density at radius 2 is 2.08 bits per heavy atom. The van der Waals surface area contributed by atoms with E-state index in [4.69, 9.17) is 27.9 Å². The van der Waals surface area contributed by atoms with E-state index in [1.54, 1.807) is 43.3 Å². The minimum atomic E-state index is -0.821. The van der Waals surface area contributed by atoms with E-state index >= 15 is 0 Å². The van der Waals surface area contributed by atoms with E-state index in [9.17, 15) is 9.59 Å². The third kappa shape index (κ3) is 3.75. The number of halogens is 2. The van der Waals surface area contributed by atoms with Gasteiger partial charge >= 0.3 is 0 Å². The van der Waals surface area contributed by atoms with Crippen molar-refractivity contribution in [2.24, 2.45) is 0 Å². The summed E-state index contributed by atoms with van der Waals surface area (Å²) in [5, 5.41) is 3.66. The van der Waals surface area contributed by atoms with E-state index in [2.05, 4.69) is 15.3 Å². The van der Waals surface area contributed by atoms with Gasteiger partial charge in [-0.1, -0.05) is 29.3 Å². The first-order valence-electron chi connectivity index (χ1n) is 7.34. The van der Waals surface area contributed by atoms with Gasteiger partial charge in [-0.05, 0) is 37.3 Å². The van der Waals surface area contributed by atoms with E-state index in [-0.39, 0.29) is 10.6 Å². The lowest BCUT2D eigenvalue weighted by Crippen LogP contribution is -2.30. The first kappa shape index (κ1) is 17.3. The van der Waals surface area contributed by atoms with Crippen molar-refractivity contribution in [3.63, 3.8) is 0 Å². The predicted molar refractivity (Wildman–Crippen MR) is 97.5 cm³/mol. The van der Waals surface area contributed by atoms with Crippen LogP contribution in [0.15, 0.2) is 47.5 Å². The number of carbonyl (C=O) groups excluding carboxylic acids is 1. The summed E-state index contributed by atoms with van der Waals surface area (Å²) in [5.74, 6) is -0.0771. The number of nitrogens with one attached hydrogen (secondary N) is 2. The number of rotatable bonds is 4. The lowest BCUT2D eigenvalue weighted by atomic mass is 10.2. The third-order valence-electron chi connectivity index (χ3n) is 3.50. The number of fused-ring (bicyclic) bond motifs is 1. The molecule has 0 aliphatic heterocycles. The largest absolute Gasteiger partial charge is 0.479 e. The van der Waals surface area contributed by atoms with E-state index in [0.29, 0.717) is 27.4 Å². The van der Waals surface area contributed by atoms with Gasteiger partial charge in [-0.2, -0.15) is 0 Å². The first-order chi connectivity index (χ1) is 12.0. The van der Waals surface area contributed by atoms with E-state index < -0.39 is 12.0 Å². The monoisotopic (exact) mass is 377 g/mol. The highest BCUT2D eigenvalue weighted by molar-refractivity contribution is 6.42. The van der Waals surface area contributed by atoms with Crippen LogP contribution in [-0.4, -0.2) is 22.0 Å². The van der Waals surface area contributed by atoms with E-state index in [1.165, 1.54) is 6.33 Å². The number of nitrogens with zero attached hydrogens (tertiary/aromatic N) is 1. The van der Waals surface area contributed by atoms with Crippen LogP contribution in [0.4, 0.5) is 5.69 Å². The second-order valence-corrected chi connectivity index (χ2v) is 6.05. The number of ether oxygens (including phenoxy) is 1. The Hall–Kier alpha value is -2.57. The molecule has 1 atom stereocenters. The number of H-pyrrole nitrogens is 1. The normalized spacial score (nSPS) is 12.0. The number of amides is 1. The minimum absolute atomic E-state index is 0.243. The van der Waals surface area contributed by atoms with Crippen LogP contribution < -0.4 is 15.6 Å². The number of aromatic amines is 1. The highest BCUT2D eigenvalue weighted by atomic mass is 35.5. The van der Waals surface area contributed by atoms with Crippen LogP contribution in [0.3, 0.4) is 0 Å². The van der Waals surface area contributed by atoms with Gasteiger partial charge in [0.2, 0.25) is 0 Å². The number of carbonyl (C=O) groups is 1. The van der Waals surface area contributed by atoms with Crippen molar-refractivity contribution in [3.8, 4) is 5.75 Å². The zero-order valence-corrected chi connectivity index (χ0v) is 14.6. The van der Waals surface area contributed by atoms with Gasteiger partial charge in [0.05, 0.1) is 22.3 Å². The molecule has 1 heterocycles. The lowest BCUT2D eigenvalue weighted by molar-refractivity contribution is -0.122. The molecule has 0 saturated heterocycles. The molecule has 3 rings (SSSR count). The van der Waals surface area contributed by atoms with Crippen LogP contribution in [0.5, 0.6) is 5.75 Å². The molecule has 0 fully saturated rings. The quantitative estimate of drug-likeness (QED) is 0.726. The lowest BCUT2D eigenvalue weighted by Gasteiger charge is -2.16. The molecule has 1 aromatic heterocycles. The van der Waals surface area contributed by atoms with E-state index in [1.807, 2.05) is 0 Å². The predicted octanol–water partition coefficient (Wildman–Crippen LogP) is 3.64. The highest BCUT2D eigenvalue weighted by Gasteiger charge is 2.17. The zero-order chi connectivity index (χ0) is 18.0. The number of aromatic nitrogens is 2. The molecule has 128 valence electrons. The van der Waals surface area contributed by atoms with Crippen LogP contribution in [0.2, 0.25) is 10.0 Å². The molecule has 0 saturated carbocycles. The molecule has 2 N–H and O–H groups in total. The van der Waals surface area contributed by atoms with Crippen LogP contribution in [-0.2, 0) is 4.79 Å². The number of hydrogen-bond donors (Lipinski definition) is 2. The summed E-state index contributed by atoms with van der Waals surface area (Å²) in [4.78, 5) is 30.7. The van der Waals surface area contributed by atoms with Crippen molar-refractivity contribution in [1.82, 2.24) is 9.97 Å². The molecule has 0 aliphatic rings. The molecule has 0 bridgehead atoms. The average molecular weight is 378 g/mol. The Morgan fingerprint density at radius 3 is 2.88 bits per heavy atom. The minimum Gasteiger partial charge on any atom is -0.479 e. The SMILES string of the molecule is C[C@@H](Oc1cccc(Cl)c1Cl)C(=O)Nc1ccc2nc[nH]c(=O)c2c1. The van der Waals surface area contributed by atoms with Crippen molar-refractivity contribution < 1.29 is 9.53 Å². The van der Waals surface area contributed by atoms with Gasteiger partial charge in [-0.3, -0.25) is 9.59 Å². The Bertz CT molecular complexity index is 1000. The molecule has 0 unspecified atom stereocenters. The molecule has 6 nitrogen and oxygen atoms in total. The fraction of sp³-hybridized carbons (Fsp3) is 0.118. The Balaban J connectivity index is 1.76. The van der Waals surface area contributed by atoms with Gasteiger partial charge in [-0.25, -0.2) is 4.98 Å². The van der Waals surface area contributed by atoms with Gasteiger partial charge in [0.15, 0.2) is 6.10 Å². The third-order valence-corrected chi connectivity index (χ3v) is 4.30. The van der Waals surface area contributed by atoms with Crippen LogP contribution in [0, 0.1) is 0 Å². The maximum atomic E-state index is 12.3. The molecule has 25 heavy (non-hydrogen) atoms. The summed E-state index contributed by atoms with van der Waals surface area (Å²) >= 11 is 12.0. The highest BCUT2D eigenvalue weighted by Crippen LogP contribution is 2.32. The molecule has 0 spiro atoms. The first-order valence-corrected chi connectivity index (χ1v) is 8.10. The fourth-order valence-electron chi connectivity index (χ4n) is 2.21. The molecule has 0 aliphatic carbocycles. The van der Waals surface area contributed by atoms with Gasteiger partial charge < -0.3 is 15.0 Å². The standard InChI is InChI=1S/C17H13Cl2N3O3/c1-9(25-14-4-2-3-12(18)15(14)19)16(23)22-10-5-6-13-11(7-10)17(24)21-8-20-13/h2-9H,1H3,(H,22,23)(H,20,21,24)/t9-/m1/s1. The van der Waals surface area contributed by atoms with Gasteiger partial charge in [0.25, 0.3) is 11.5 Å². The summed E-state index contributed by atoms with van der Waals surface area (Å²) in [6, 6.07) is 9.79. The van der Waals surface area contributed by atoms with Crippen molar-refractivity contribution >= 4 is 45.7 Å². The molecule has 3 aromatic rings. The van der Waals surface area contributed by atoms with Crippen molar-refractivity contribution in [2.45, 2.75) is 13.0 Å².